The highest BCUT2D eigenvalue weighted by Gasteiger charge is 2.01. The van der Waals surface area contributed by atoms with Gasteiger partial charge in [0.25, 0.3) is 0 Å². The third-order valence-electron chi connectivity index (χ3n) is 2.76. The number of hydrogen-bond acceptors (Lipinski definition) is 2. The smallest absolute Gasteiger partial charge is 0.248 e. The molecule has 0 unspecified atom stereocenters. The lowest BCUT2D eigenvalue weighted by Gasteiger charge is -1.98. The second kappa shape index (κ2) is 8.34. The van der Waals surface area contributed by atoms with Crippen LogP contribution in [0.3, 0.4) is 0 Å². The Kier molecular flexibility index (Phi) is 7.11. The number of nitriles is 1. The van der Waals surface area contributed by atoms with Crippen molar-refractivity contribution in [2.75, 3.05) is 0 Å². The van der Waals surface area contributed by atoms with Crippen LogP contribution in [-0.2, 0) is 0 Å². The lowest BCUT2D eigenvalue weighted by Crippen LogP contribution is -2.10. The Morgan fingerprint density at radius 2 is 1.57 bits per heavy atom. The highest BCUT2D eigenvalue weighted by Crippen LogP contribution is 2.13. The number of nitrogens with zero attached hydrogens (tertiary/aromatic N) is 1. The fourth-order valence-corrected chi connectivity index (χ4v) is 2.44. The van der Waals surface area contributed by atoms with Crippen molar-refractivity contribution < 1.29 is 4.79 Å². The van der Waals surface area contributed by atoms with Gasteiger partial charge in [0.2, 0.25) is 5.91 Å². The molecule has 108 valence electrons. The van der Waals surface area contributed by atoms with Crippen LogP contribution in [0.25, 0.3) is 0 Å². The van der Waals surface area contributed by atoms with Crippen molar-refractivity contribution in [1.82, 2.24) is 0 Å². The van der Waals surface area contributed by atoms with Crippen LogP contribution in [0.4, 0.5) is 0 Å². The zero-order valence-electron chi connectivity index (χ0n) is 11.7. The summed E-state index contributed by atoms with van der Waals surface area (Å²) in [5.74, 6) is -0.372. The molecular weight excluding hydrogens is 490 g/mol. The maximum absolute atomic E-state index is 10.7. The van der Waals surface area contributed by atoms with E-state index in [0.717, 1.165) is 18.3 Å². The summed E-state index contributed by atoms with van der Waals surface area (Å²) in [6, 6.07) is 13.2. The Balaban J connectivity index is 0.000000211. The van der Waals surface area contributed by atoms with Gasteiger partial charge in [0.15, 0.2) is 0 Å². The Morgan fingerprint density at radius 1 is 1.05 bits per heavy atom. The number of hydrogen-bond donors (Lipinski definition) is 1. The fourth-order valence-electron chi connectivity index (χ4n) is 1.41. The van der Waals surface area contributed by atoms with Crippen LogP contribution in [-0.4, -0.2) is 5.91 Å². The van der Waals surface area contributed by atoms with Crippen molar-refractivity contribution >= 4 is 51.1 Å². The van der Waals surface area contributed by atoms with E-state index < -0.39 is 0 Å². The van der Waals surface area contributed by atoms with E-state index in [4.69, 9.17) is 11.0 Å². The van der Waals surface area contributed by atoms with Crippen LogP contribution in [0.15, 0.2) is 36.4 Å². The molecule has 2 aromatic carbocycles. The first kappa shape index (κ1) is 17.9. The van der Waals surface area contributed by atoms with Gasteiger partial charge in [-0.25, -0.2) is 0 Å². The minimum absolute atomic E-state index is 0.372. The summed E-state index contributed by atoms with van der Waals surface area (Å²) in [5.41, 5.74) is 8.78. The van der Waals surface area contributed by atoms with Gasteiger partial charge < -0.3 is 5.73 Å². The van der Waals surface area contributed by atoms with E-state index in [0.29, 0.717) is 5.56 Å². The third-order valence-corrected chi connectivity index (χ3v) is 5.08. The number of amides is 1. The van der Waals surface area contributed by atoms with Crippen molar-refractivity contribution in [1.29, 1.82) is 5.26 Å². The summed E-state index contributed by atoms with van der Waals surface area (Å²) in [4.78, 5) is 10.7. The summed E-state index contributed by atoms with van der Waals surface area (Å²) < 4.78 is 2.22. The van der Waals surface area contributed by atoms with Crippen LogP contribution < -0.4 is 5.73 Å². The summed E-state index contributed by atoms with van der Waals surface area (Å²) in [6.07, 6.45) is 0. The molecular formula is C16H14I2N2O. The number of aryl methyl sites for hydroxylation is 2. The second-order valence-electron chi connectivity index (χ2n) is 4.40. The van der Waals surface area contributed by atoms with Gasteiger partial charge >= 0.3 is 0 Å². The average molecular weight is 504 g/mol. The number of nitrogens with two attached hydrogens (primary N) is 1. The average Bonchev–Trinajstić information content (AvgIpc) is 2.45. The molecule has 0 radical (unpaired) electrons. The number of primary amides is 1. The lowest BCUT2D eigenvalue weighted by atomic mass is 10.1. The highest BCUT2D eigenvalue weighted by atomic mass is 127. The Bertz CT molecular complexity index is 706. The number of halogens is 2. The number of carbonyl (C=O) groups is 1. The Labute approximate surface area is 151 Å². The van der Waals surface area contributed by atoms with Crippen LogP contribution in [0.5, 0.6) is 0 Å². The first-order valence-corrected chi connectivity index (χ1v) is 8.23. The third kappa shape index (κ3) is 5.63. The normalized spacial score (nSPS) is 9.29. The van der Waals surface area contributed by atoms with Crippen molar-refractivity contribution in [2.45, 2.75) is 13.8 Å². The molecule has 2 aromatic rings. The molecule has 0 aromatic heterocycles. The lowest BCUT2D eigenvalue weighted by molar-refractivity contribution is 0.1000. The zero-order valence-corrected chi connectivity index (χ0v) is 16.0. The molecule has 3 nitrogen and oxygen atoms in total. The molecule has 0 heterocycles. The standard InChI is InChI=1S/C8H8INO.C8H6IN/c1-5-2-3-6(8(10)11)4-7(5)9;1-6-2-3-7(5-10)4-8(6)9/h2-4H,1H3,(H2,10,11);2-4H,1H3. The van der Waals surface area contributed by atoms with E-state index in [1.807, 2.05) is 38.1 Å². The van der Waals surface area contributed by atoms with Gasteiger partial charge in [-0.2, -0.15) is 5.26 Å². The van der Waals surface area contributed by atoms with Gasteiger partial charge in [-0.3, -0.25) is 4.79 Å². The number of benzene rings is 2. The second-order valence-corrected chi connectivity index (χ2v) is 6.73. The van der Waals surface area contributed by atoms with E-state index in [9.17, 15) is 4.79 Å². The predicted molar refractivity (Wildman–Crippen MR) is 101 cm³/mol. The Morgan fingerprint density at radius 3 is 2.00 bits per heavy atom. The molecule has 0 saturated heterocycles. The van der Waals surface area contributed by atoms with Crippen LogP contribution >= 0.6 is 45.2 Å². The molecule has 2 N–H and O–H groups in total. The number of rotatable bonds is 1. The quantitative estimate of drug-likeness (QED) is 0.593. The zero-order chi connectivity index (χ0) is 16.0. The summed E-state index contributed by atoms with van der Waals surface area (Å²) in [6.45, 7) is 4.02. The number of carbonyl (C=O) groups excluding carboxylic acids is 1. The van der Waals surface area contributed by atoms with Crippen LogP contribution in [0.2, 0.25) is 0 Å². The van der Waals surface area contributed by atoms with Gasteiger partial charge in [-0.05, 0) is 94.4 Å². The molecule has 0 spiro atoms. The molecule has 21 heavy (non-hydrogen) atoms. The van der Waals surface area contributed by atoms with E-state index in [-0.39, 0.29) is 5.91 Å². The van der Waals surface area contributed by atoms with Crippen molar-refractivity contribution in [3.63, 3.8) is 0 Å². The summed E-state index contributed by atoms with van der Waals surface area (Å²) in [7, 11) is 0. The molecule has 5 heteroatoms. The highest BCUT2D eigenvalue weighted by molar-refractivity contribution is 14.1. The van der Waals surface area contributed by atoms with Crippen molar-refractivity contribution in [3.05, 3.63) is 65.8 Å². The van der Waals surface area contributed by atoms with Crippen LogP contribution in [0.1, 0.15) is 27.0 Å². The summed E-state index contributed by atoms with van der Waals surface area (Å²) in [5, 5.41) is 8.50. The van der Waals surface area contributed by atoms with Crippen molar-refractivity contribution in [3.8, 4) is 6.07 Å². The van der Waals surface area contributed by atoms with Crippen LogP contribution in [0, 0.1) is 32.3 Å². The van der Waals surface area contributed by atoms with E-state index in [1.54, 1.807) is 12.1 Å². The van der Waals surface area contributed by atoms with Gasteiger partial charge in [-0.1, -0.05) is 12.1 Å². The molecule has 0 aliphatic carbocycles. The minimum Gasteiger partial charge on any atom is -0.366 e. The van der Waals surface area contributed by atoms with Gasteiger partial charge in [0, 0.05) is 12.7 Å². The minimum atomic E-state index is -0.372. The SMILES string of the molecule is Cc1ccc(C#N)cc1I.Cc1ccc(C(N)=O)cc1I. The fraction of sp³-hybridized carbons (Fsp3) is 0.125. The monoisotopic (exact) mass is 504 g/mol. The largest absolute Gasteiger partial charge is 0.366 e. The van der Waals surface area contributed by atoms with Gasteiger partial charge in [0.1, 0.15) is 0 Å². The first-order chi connectivity index (χ1) is 9.85. The molecule has 1 amide bonds. The van der Waals surface area contributed by atoms with Gasteiger partial charge in [-0.15, -0.1) is 0 Å². The maximum Gasteiger partial charge on any atom is 0.248 e. The molecule has 0 aliphatic heterocycles. The Hall–Kier alpha value is -1.14. The maximum atomic E-state index is 10.7. The molecule has 0 bridgehead atoms. The topological polar surface area (TPSA) is 66.9 Å². The van der Waals surface area contributed by atoms with E-state index >= 15 is 0 Å². The van der Waals surface area contributed by atoms with Crippen molar-refractivity contribution in [2.24, 2.45) is 5.73 Å². The molecule has 0 atom stereocenters. The first-order valence-electron chi connectivity index (χ1n) is 6.07. The molecule has 0 fully saturated rings. The van der Waals surface area contributed by atoms with E-state index in [2.05, 4.69) is 51.3 Å². The summed E-state index contributed by atoms with van der Waals surface area (Å²) >= 11 is 4.40. The molecule has 2 rings (SSSR count). The predicted octanol–water partition coefficient (Wildman–Crippen LogP) is 4.17. The molecule has 0 saturated carbocycles. The molecule has 0 aliphatic rings. The van der Waals surface area contributed by atoms with E-state index in [1.165, 1.54) is 5.56 Å². The van der Waals surface area contributed by atoms with Gasteiger partial charge in [0.05, 0.1) is 11.6 Å².